The van der Waals surface area contributed by atoms with Crippen molar-refractivity contribution in [2.75, 3.05) is 6.61 Å². The van der Waals surface area contributed by atoms with Gasteiger partial charge >= 0.3 is 6.09 Å². The molecule has 0 saturated heterocycles. The zero-order valence-electron chi connectivity index (χ0n) is 13.4. The fourth-order valence-corrected chi connectivity index (χ4v) is 1.96. The molecule has 0 bridgehead atoms. The molecule has 6 heteroatoms. The van der Waals surface area contributed by atoms with Gasteiger partial charge in [0, 0.05) is 4.47 Å². The maximum Gasteiger partial charge on any atom is 0.408 e. The second-order valence-electron chi connectivity index (χ2n) is 6.08. The van der Waals surface area contributed by atoms with Gasteiger partial charge in [0.15, 0.2) is 0 Å². The standard InChI is InChI=1S/C16H24BrNO4/c1-11(21-10-12-5-7-13(17)8-6-12)14(9-19)18-15(20)22-16(2,3)4/h5-8,11,14,19H,9-10H2,1-4H3,(H,18,20). The van der Waals surface area contributed by atoms with Crippen molar-refractivity contribution in [3.8, 4) is 0 Å². The first-order valence-corrected chi connectivity index (χ1v) is 7.97. The van der Waals surface area contributed by atoms with Crippen LogP contribution in [0.25, 0.3) is 0 Å². The van der Waals surface area contributed by atoms with Crippen LogP contribution in [-0.4, -0.2) is 35.6 Å². The monoisotopic (exact) mass is 373 g/mol. The van der Waals surface area contributed by atoms with Gasteiger partial charge in [0.05, 0.1) is 25.4 Å². The highest BCUT2D eigenvalue weighted by molar-refractivity contribution is 9.10. The molecular weight excluding hydrogens is 350 g/mol. The number of aliphatic hydroxyl groups excluding tert-OH is 1. The van der Waals surface area contributed by atoms with Crippen LogP contribution in [0.15, 0.2) is 28.7 Å². The number of carbonyl (C=O) groups excluding carboxylic acids is 1. The third kappa shape index (κ3) is 7.24. The summed E-state index contributed by atoms with van der Waals surface area (Å²) >= 11 is 3.38. The van der Waals surface area contributed by atoms with Gasteiger partial charge in [0.1, 0.15) is 5.60 Å². The highest BCUT2D eigenvalue weighted by Gasteiger charge is 2.23. The largest absolute Gasteiger partial charge is 0.444 e. The molecule has 0 radical (unpaired) electrons. The Bertz CT molecular complexity index is 470. The first-order chi connectivity index (χ1) is 10.2. The van der Waals surface area contributed by atoms with Gasteiger partial charge in [-0.25, -0.2) is 4.79 Å². The van der Waals surface area contributed by atoms with Gasteiger partial charge < -0.3 is 19.9 Å². The van der Waals surface area contributed by atoms with Gasteiger partial charge in [0.25, 0.3) is 0 Å². The molecule has 1 amide bonds. The molecule has 1 aromatic rings. The number of hydrogen-bond acceptors (Lipinski definition) is 4. The molecule has 0 saturated carbocycles. The molecule has 2 N–H and O–H groups in total. The number of amides is 1. The second kappa shape index (κ2) is 8.50. The van der Waals surface area contributed by atoms with Crippen LogP contribution in [-0.2, 0) is 16.1 Å². The zero-order valence-corrected chi connectivity index (χ0v) is 15.0. The summed E-state index contributed by atoms with van der Waals surface area (Å²) in [7, 11) is 0. The van der Waals surface area contributed by atoms with Crippen molar-refractivity contribution >= 4 is 22.0 Å². The quantitative estimate of drug-likeness (QED) is 0.802. The van der Waals surface area contributed by atoms with Crippen LogP contribution in [0.3, 0.4) is 0 Å². The van der Waals surface area contributed by atoms with E-state index in [4.69, 9.17) is 9.47 Å². The van der Waals surface area contributed by atoms with Gasteiger partial charge in [-0.15, -0.1) is 0 Å². The predicted molar refractivity (Wildman–Crippen MR) is 88.6 cm³/mol. The lowest BCUT2D eigenvalue weighted by Gasteiger charge is -2.26. The van der Waals surface area contributed by atoms with Crippen molar-refractivity contribution in [1.82, 2.24) is 5.32 Å². The minimum absolute atomic E-state index is 0.221. The molecule has 124 valence electrons. The lowest BCUT2D eigenvalue weighted by molar-refractivity contribution is 0.00227. The van der Waals surface area contributed by atoms with Crippen LogP contribution in [0.5, 0.6) is 0 Å². The third-order valence-corrected chi connectivity index (χ3v) is 3.42. The smallest absolute Gasteiger partial charge is 0.408 e. The minimum atomic E-state index is -0.578. The van der Waals surface area contributed by atoms with Crippen molar-refractivity contribution in [3.63, 3.8) is 0 Å². The lowest BCUT2D eigenvalue weighted by Crippen LogP contribution is -2.47. The maximum atomic E-state index is 11.7. The summed E-state index contributed by atoms with van der Waals surface area (Å²) in [6.45, 7) is 7.34. The molecule has 0 aliphatic heterocycles. The number of nitrogens with one attached hydrogen (secondary N) is 1. The van der Waals surface area contributed by atoms with E-state index in [1.807, 2.05) is 24.3 Å². The lowest BCUT2D eigenvalue weighted by atomic mass is 10.2. The van der Waals surface area contributed by atoms with Gasteiger partial charge in [-0.1, -0.05) is 28.1 Å². The molecule has 0 heterocycles. The van der Waals surface area contributed by atoms with Gasteiger partial charge in [-0.2, -0.15) is 0 Å². The van der Waals surface area contributed by atoms with Gasteiger partial charge in [0.2, 0.25) is 0 Å². The Hall–Kier alpha value is -1.11. The van der Waals surface area contributed by atoms with E-state index in [-0.39, 0.29) is 12.7 Å². The molecule has 1 aromatic carbocycles. The molecule has 0 spiro atoms. The Morgan fingerprint density at radius 1 is 1.32 bits per heavy atom. The predicted octanol–water partition coefficient (Wildman–Crippen LogP) is 3.24. The van der Waals surface area contributed by atoms with E-state index < -0.39 is 17.7 Å². The minimum Gasteiger partial charge on any atom is -0.444 e. The van der Waals surface area contributed by atoms with Gasteiger partial charge in [-0.05, 0) is 45.4 Å². The summed E-state index contributed by atoms with van der Waals surface area (Å²) in [5.74, 6) is 0. The highest BCUT2D eigenvalue weighted by atomic mass is 79.9. The SMILES string of the molecule is CC(OCc1ccc(Br)cc1)C(CO)NC(=O)OC(C)(C)C. The average Bonchev–Trinajstić information content (AvgIpc) is 2.42. The van der Waals surface area contributed by atoms with E-state index in [2.05, 4.69) is 21.2 Å². The summed E-state index contributed by atoms with van der Waals surface area (Å²) in [5.41, 5.74) is 0.440. The van der Waals surface area contributed by atoms with Crippen molar-refractivity contribution < 1.29 is 19.4 Å². The Kier molecular flexibility index (Phi) is 7.32. The second-order valence-corrected chi connectivity index (χ2v) is 6.99. The summed E-state index contributed by atoms with van der Waals surface area (Å²) < 4.78 is 11.9. The van der Waals surface area contributed by atoms with E-state index in [0.717, 1.165) is 10.0 Å². The van der Waals surface area contributed by atoms with Crippen LogP contribution < -0.4 is 5.32 Å². The van der Waals surface area contributed by atoms with Crippen molar-refractivity contribution in [3.05, 3.63) is 34.3 Å². The molecular formula is C16H24BrNO4. The number of rotatable bonds is 6. The van der Waals surface area contributed by atoms with E-state index in [1.54, 1.807) is 27.7 Å². The molecule has 1 rings (SSSR count). The molecule has 2 unspecified atom stereocenters. The van der Waals surface area contributed by atoms with Crippen LogP contribution in [0, 0.1) is 0 Å². The highest BCUT2D eigenvalue weighted by Crippen LogP contribution is 2.13. The molecule has 2 atom stereocenters. The van der Waals surface area contributed by atoms with Crippen LogP contribution in [0.1, 0.15) is 33.3 Å². The molecule has 22 heavy (non-hydrogen) atoms. The molecule has 5 nitrogen and oxygen atoms in total. The fourth-order valence-electron chi connectivity index (χ4n) is 1.69. The Morgan fingerprint density at radius 3 is 2.41 bits per heavy atom. The number of ether oxygens (including phenoxy) is 2. The summed E-state index contributed by atoms with van der Waals surface area (Å²) in [5, 5.41) is 12.0. The Morgan fingerprint density at radius 2 is 1.91 bits per heavy atom. The number of benzene rings is 1. The molecule has 0 aromatic heterocycles. The van der Waals surface area contributed by atoms with Crippen LogP contribution >= 0.6 is 15.9 Å². The first kappa shape index (κ1) is 18.9. The number of alkyl carbamates (subject to hydrolysis) is 1. The number of aliphatic hydroxyl groups is 1. The van der Waals surface area contributed by atoms with Crippen LogP contribution in [0.4, 0.5) is 4.79 Å². The summed E-state index contributed by atoms with van der Waals surface area (Å²) in [4.78, 5) is 11.7. The maximum absolute atomic E-state index is 11.7. The van der Waals surface area contributed by atoms with Crippen molar-refractivity contribution in [2.24, 2.45) is 0 Å². The average molecular weight is 374 g/mol. The number of hydrogen-bond donors (Lipinski definition) is 2. The normalized spacial score (nSPS) is 14.3. The molecule has 0 aliphatic carbocycles. The molecule has 0 aliphatic rings. The Balaban J connectivity index is 2.48. The number of halogens is 1. The van der Waals surface area contributed by atoms with E-state index >= 15 is 0 Å². The van der Waals surface area contributed by atoms with Crippen molar-refractivity contribution in [2.45, 2.75) is 52.0 Å². The van der Waals surface area contributed by atoms with E-state index in [1.165, 1.54) is 0 Å². The van der Waals surface area contributed by atoms with Crippen LogP contribution in [0.2, 0.25) is 0 Å². The topological polar surface area (TPSA) is 67.8 Å². The molecule has 0 fully saturated rings. The van der Waals surface area contributed by atoms with Gasteiger partial charge in [-0.3, -0.25) is 0 Å². The zero-order chi connectivity index (χ0) is 16.8. The summed E-state index contributed by atoms with van der Waals surface area (Å²) in [6.07, 6.45) is -0.910. The number of carbonyl (C=O) groups is 1. The van der Waals surface area contributed by atoms with E-state index in [0.29, 0.717) is 6.61 Å². The Labute approximate surface area is 140 Å². The third-order valence-electron chi connectivity index (χ3n) is 2.89. The summed E-state index contributed by atoms with van der Waals surface area (Å²) in [6, 6.07) is 7.25. The first-order valence-electron chi connectivity index (χ1n) is 7.17. The van der Waals surface area contributed by atoms with Crippen molar-refractivity contribution in [1.29, 1.82) is 0 Å². The van der Waals surface area contributed by atoms with E-state index in [9.17, 15) is 9.90 Å². The fraction of sp³-hybridized carbons (Fsp3) is 0.562.